The van der Waals surface area contributed by atoms with Gasteiger partial charge >= 0.3 is 0 Å². The summed E-state index contributed by atoms with van der Waals surface area (Å²) in [4.78, 5) is 18.7. The van der Waals surface area contributed by atoms with Crippen molar-refractivity contribution < 1.29 is 9.18 Å². The van der Waals surface area contributed by atoms with Crippen LogP contribution in [0, 0.1) is 5.82 Å². The van der Waals surface area contributed by atoms with Gasteiger partial charge in [0.1, 0.15) is 5.82 Å². The molecule has 2 aromatic rings. The molecule has 1 fully saturated rings. The minimum absolute atomic E-state index is 0. The topological polar surface area (TPSA) is 74.6 Å². The van der Waals surface area contributed by atoms with Gasteiger partial charge in [-0.15, -0.1) is 24.0 Å². The third-order valence-electron chi connectivity index (χ3n) is 5.28. The Labute approximate surface area is 206 Å². The molecule has 32 heavy (non-hydrogen) atoms. The molecule has 2 N–H and O–H groups in total. The number of aliphatic imine (C=N–C) groups is 1. The van der Waals surface area contributed by atoms with E-state index in [1.807, 2.05) is 24.1 Å². The van der Waals surface area contributed by atoms with Gasteiger partial charge in [-0.2, -0.15) is 5.10 Å². The van der Waals surface area contributed by atoms with Gasteiger partial charge in [0, 0.05) is 51.8 Å². The van der Waals surface area contributed by atoms with E-state index in [0.29, 0.717) is 19.5 Å². The number of guanidine groups is 1. The van der Waals surface area contributed by atoms with Gasteiger partial charge in [-0.1, -0.05) is 6.42 Å². The number of carbonyl (C=O) groups excluding carboxylic acids is 1. The highest BCUT2D eigenvalue weighted by Gasteiger charge is 2.15. The number of nitrogens with one attached hydrogen (secondary N) is 2. The Morgan fingerprint density at radius 2 is 1.97 bits per heavy atom. The van der Waals surface area contributed by atoms with Crippen LogP contribution in [-0.4, -0.2) is 59.3 Å². The second-order valence-electron chi connectivity index (χ2n) is 7.71. The summed E-state index contributed by atoms with van der Waals surface area (Å²) < 4.78 is 14.8. The minimum Gasteiger partial charge on any atom is -0.357 e. The monoisotopic (exact) mass is 556 g/mol. The standard InChI is InChI=1S/C23H33FN6O.HI/c1-2-25-23(26-14-6-17-29-16-5-3-4-7-22(29)31)27-15-12-20-13-18-30(28-20)21-10-8-19(24)9-11-21;/h8-11,13,18H,2-7,12,14-17H2,1H3,(H2,25,26,27);1H. The summed E-state index contributed by atoms with van der Waals surface area (Å²) in [5.74, 6) is 0.808. The zero-order valence-corrected chi connectivity index (χ0v) is 21.1. The predicted molar refractivity (Wildman–Crippen MR) is 136 cm³/mol. The van der Waals surface area contributed by atoms with Gasteiger partial charge in [0.05, 0.1) is 11.4 Å². The molecule has 0 aliphatic carbocycles. The summed E-state index contributed by atoms with van der Waals surface area (Å²) in [5, 5.41) is 11.2. The number of halogens is 2. The van der Waals surface area contributed by atoms with Crippen molar-refractivity contribution in [2.24, 2.45) is 4.99 Å². The average molecular weight is 556 g/mol. The highest BCUT2D eigenvalue weighted by Crippen LogP contribution is 2.11. The first kappa shape index (κ1) is 26.1. The van der Waals surface area contributed by atoms with Crippen molar-refractivity contribution in [3.8, 4) is 5.69 Å². The van der Waals surface area contributed by atoms with E-state index >= 15 is 0 Å². The number of likely N-dealkylation sites (tertiary alicyclic amines) is 1. The summed E-state index contributed by atoms with van der Waals surface area (Å²) in [6.45, 7) is 5.87. The molecule has 0 bridgehead atoms. The molecule has 0 spiro atoms. The van der Waals surface area contributed by atoms with E-state index in [1.54, 1.807) is 16.8 Å². The van der Waals surface area contributed by atoms with Crippen LogP contribution in [-0.2, 0) is 11.2 Å². The molecule has 1 aromatic heterocycles. The van der Waals surface area contributed by atoms with Crippen LogP contribution in [0.1, 0.15) is 44.7 Å². The first-order chi connectivity index (χ1) is 15.2. The van der Waals surface area contributed by atoms with E-state index in [1.165, 1.54) is 12.1 Å². The molecular formula is C23H34FIN6O. The summed E-state index contributed by atoms with van der Waals surface area (Å²) >= 11 is 0. The fourth-order valence-electron chi connectivity index (χ4n) is 3.61. The number of amides is 1. The number of nitrogens with zero attached hydrogens (tertiary/aromatic N) is 4. The second kappa shape index (κ2) is 14.1. The Morgan fingerprint density at radius 3 is 2.75 bits per heavy atom. The van der Waals surface area contributed by atoms with Gasteiger partial charge in [-0.05, 0) is 56.5 Å². The summed E-state index contributed by atoms with van der Waals surface area (Å²) in [7, 11) is 0. The van der Waals surface area contributed by atoms with Gasteiger partial charge in [-0.25, -0.2) is 9.07 Å². The fraction of sp³-hybridized carbons (Fsp3) is 0.522. The van der Waals surface area contributed by atoms with Crippen LogP contribution < -0.4 is 10.6 Å². The normalized spacial score (nSPS) is 14.6. The quantitative estimate of drug-likeness (QED) is 0.215. The largest absolute Gasteiger partial charge is 0.357 e. The molecule has 176 valence electrons. The Bertz CT molecular complexity index is 854. The number of rotatable bonds is 9. The van der Waals surface area contributed by atoms with Crippen molar-refractivity contribution in [1.82, 2.24) is 25.3 Å². The maximum absolute atomic E-state index is 13.1. The van der Waals surface area contributed by atoms with Crippen LogP contribution in [0.4, 0.5) is 4.39 Å². The molecule has 0 radical (unpaired) electrons. The van der Waals surface area contributed by atoms with Crippen molar-refractivity contribution in [3.63, 3.8) is 0 Å². The van der Waals surface area contributed by atoms with E-state index in [0.717, 1.165) is 69.1 Å². The maximum atomic E-state index is 13.1. The van der Waals surface area contributed by atoms with Gasteiger partial charge in [0.25, 0.3) is 0 Å². The van der Waals surface area contributed by atoms with Gasteiger partial charge in [0.15, 0.2) is 5.96 Å². The van der Waals surface area contributed by atoms with E-state index < -0.39 is 0 Å². The van der Waals surface area contributed by atoms with Crippen molar-refractivity contribution in [2.45, 2.75) is 45.4 Å². The molecule has 1 saturated heterocycles. The van der Waals surface area contributed by atoms with Crippen molar-refractivity contribution in [3.05, 3.63) is 48.0 Å². The van der Waals surface area contributed by atoms with E-state index in [2.05, 4.69) is 20.7 Å². The smallest absolute Gasteiger partial charge is 0.222 e. The fourth-order valence-corrected chi connectivity index (χ4v) is 3.61. The SMILES string of the molecule is CCNC(=NCCCN1CCCCCC1=O)NCCc1ccn(-c2ccc(F)cc2)n1.I. The number of carbonyl (C=O) groups is 1. The summed E-state index contributed by atoms with van der Waals surface area (Å²) in [6.07, 6.45) is 7.46. The molecule has 0 atom stereocenters. The van der Waals surface area contributed by atoms with E-state index in [9.17, 15) is 9.18 Å². The van der Waals surface area contributed by atoms with Crippen molar-refractivity contribution in [1.29, 1.82) is 0 Å². The maximum Gasteiger partial charge on any atom is 0.222 e. The molecule has 7 nitrogen and oxygen atoms in total. The highest BCUT2D eigenvalue weighted by atomic mass is 127. The van der Waals surface area contributed by atoms with Crippen LogP contribution in [0.2, 0.25) is 0 Å². The molecule has 3 rings (SSSR count). The lowest BCUT2D eigenvalue weighted by atomic mass is 10.2. The predicted octanol–water partition coefficient (Wildman–Crippen LogP) is 3.52. The molecule has 1 aromatic carbocycles. The lowest BCUT2D eigenvalue weighted by Gasteiger charge is -2.20. The number of benzene rings is 1. The minimum atomic E-state index is -0.256. The summed E-state index contributed by atoms with van der Waals surface area (Å²) in [5.41, 5.74) is 1.78. The molecule has 9 heteroatoms. The number of aromatic nitrogens is 2. The third kappa shape index (κ3) is 8.40. The third-order valence-corrected chi connectivity index (χ3v) is 5.28. The second-order valence-corrected chi connectivity index (χ2v) is 7.71. The molecule has 0 unspecified atom stereocenters. The van der Waals surface area contributed by atoms with E-state index in [4.69, 9.17) is 0 Å². The van der Waals surface area contributed by atoms with Crippen molar-refractivity contribution >= 4 is 35.8 Å². The first-order valence-corrected chi connectivity index (χ1v) is 11.3. The van der Waals surface area contributed by atoms with Crippen LogP contribution in [0.15, 0.2) is 41.5 Å². The molecular weight excluding hydrogens is 522 g/mol. The molecule has 2 heterocycles. The van der Waals surface area contributed by atoms with Crippen LogP contribution in [0.3, 0.4) is 0 Å². The van der Waals surface area contributed by atoms with Gasteiger partial charge in [-0.3, -0.25) is 9.79 Å². The lowest BCUT2D eigenvalue weighted by Crippen LogP contribution is -2.38. The molecule has 1 amide bonds. The Kier molecular flexibility index (Phi) is 11.5. The Balaban J connectivity index is 0.00000363. The van der Waals surface area contributed by atoms with Crippen molar-refractivity contribution in [2.75, 3.05) is 32.7 Å². The Hall–Kier alpha value is -2.17. The molecule has 1 aliphatic heterocycles. The Morgan fingerprint density at radius 1 is 1.16 bits per heavy atom. The molecule has 0 saturated carbocycles. The number of hydrogen-bond donors (Lipinski definition) is 2. The highest BCUT2D eigenvalue weighted by molar-refractivity contribution is 14.0. The lowest BCUT2D eigenvalue weighted by molar-refractivity contribution is -0.130. The van der Waals surface area contributed by atoms with Crippen LogP contribution in [0.5, 0.6) is 0 Å². The molecule has 1 aliphatic rings. The van der Waals surface area contributed by atoms with Crippen LogP contribution >= 0.6 is 24.0 Å². The van der Waals surface area contributed by atoms with Crippen LogP contribution in [0.25, 0.3) is 5.69 Å². The number of hydrogen-bond acceptors (Lipinski definition) is 3. The summed E-state index contributed by atoms with van der Waals surface area (Å²) in [6, 6.07) is 8.24. The zero-order chi connectivity index (χ0) is 21.9. The zero-order valence-electron chi connectivity index (χ0n) is 18.7. The van der Waals surface area contributed by atoms with E-state index in [-0.39, 0.29) is 35.7 Å². The first-order valence-electron chi connectivity index (χ1n) is 11.3. The van der Waals surface area contributed by atoms with Gasteiger partial charge < -0.3 is 15.5 Å². The van der Waals surface area contributed by atoms with Gasteiger partial charge in [0.2, 0.25) is 5.91 Å². The average Bonchev–Trinajstić information content (AvgIpc) is 3.14.